The van der Waals surface area contributed by atoms with E-state index in [1.807, 2.05) is 6.92 Å². The van der Waals surface area contributed by atoms with Gasteiger partial charge in [0.15, 0.2) is 10.8 Å². The van der Waals surface area contributed by atoms with Crippen LogP contribution in [0, 0.1) is 0 Å². The van der Waals surface area contributed by atoms with Crippen LogP contribution in [0.1, 0.15) is 19.6 Å². The van der Waals surface area contributed by atoms with Crippen LogP contribution < -0.4 is 0 Å². The number of hydrogen-bond donors (Lipinski definition) is 1. The van der Waals surface area contributed by atoms with Crippen molar-refractivity contribution in [2.75, 3.05) is 0 Å². The normalized spacial score (nSPS) is 13.4. The summed E-state index contributed by atoms with van der Waals surface area (Å²) in [6.45, 7) is 1.87. The van der Waals surface area contributed by atoms with Crippen molar-refractivity contribution in [1.29, 1.82) is 0 Å². The Labute approximate surface area is 85.4 Å². The summed E-state index contributed by atoms with van der Waals surface area (Å²) in [7, 11) is 0. The van der Waals surface area contributed by atoms with Crippen molar-refractivity contribution in [3.63, 3.8) is 0 Å². The van der Waals surface area contributed by atoms with E-state index in [1.54, 1.807) is 4.57 Å². The molecule has 0 saturated heterocycles. The minimum absolute atomic E-state index is 0.303. The van der Waals surface area contributed by atoms with Crippen LogP contribution in [-0.2, 0) is 0 Å². The third kappa shape index (κ3) is 1.34. The summed E-state index contributed by atoms with van der Waals surface area (Å²) < 4.78 is 1.57. The third-order valence-electron chi connectivity index (χ3n) is 2.00. The van der Waals surface area contributed by atoms with Crippen molar-refractivity contribution in [1.82, 2.24) is 19.5 Å². The van der Waals surface area contributed by atoms with E-state index in [1.165, 1.54) is 12.7 Å². The Morgan fingerprint density at radius 3 is 3.00 bits per heavy atom. The molecule has 2 aromatic heterocycles. The first kappa shape index (κ1) is 9.36. The van der Waals surface area contributed by atoms with Crippen molar-refractivity contribution in [3.05, 3.63) is 17.8 Å². The van der Waals surface area contributed by atoms with Gasteiger partial charge in [0.05, 0.1) is 6.33 Å². The molecular formula is C8H9ClN4O. The van der Waals surface area contributed by atoms with Crippen molar-refractivity contribution in [3.8, 4) is 0 Å². The van der Waals surface area contributed by atoms with Gasteiger partial charge in [-0.3, -0.25) is 4.57 Å². The van der Waals surface area contributed by atoms with Crippen molar-refractivity contribution in [2.45, 2.75) is 19.6 Å². The molecule has 6 heteroatoms. The van der Waals surface area contributed by atoms with Gasteiger partial charge in [-0.1, -0.05) is 18.5 Å². The lowest BCUT2D eigenvalue weighted by Gasteiger charge is -2.08. The number of aliphatic hydroxyl groups excluding tert-OH is 1. The maximum absolute atomic E-state index is 9.63. The Morgan fingerprint density at radius 1 is 1.50 bits per heavy atom. The van der Waals surface area contributed by atoms with Gasteiger partial charge in [0.1, 0.15) is 18.1 Å². The average Bonchev–Trinajstić information content (AvgIpc) is 2.62. The minimum atomic E-state index is -0.619. The molecule has 1 unspecified atom stereocenters. The fourth-order valence-electron chi connectivity index (χ4n) is 1.24. The Bertz CT molecular complexity index is 456. The van der Waals surface area contributed by atoms with Gasteiger partial charge in [0, 0.05) is 0 Å². The van der Waals surface area contributed by atoms with Crippen LogP contribution in [0.15, 0.2) is 12.7 Å². The minimum Gasteiger partial charge on any atom is -0.373 e. The highest BCUT2D eigenvalue weighted by molar-refractivity contribution is 6.33. The number of imidazole rings is 1. The summed E-state index contributed by atoms with van der Waals surface area (Å²) in [6, 6.07) is 0. The highest BCUT2D eigenvalue weighted by Crippen LogP contribution is 2.20. The van der Waals surface area contributed by atoms with E-state index in [4.69, 9.17) is 11.6 Å². The van der Waals surface area contributed by atoms with Gasteiger partial charge < -0.3 is 5.11 Å². The molecule has 0 aromatic carbocycles. The topological polar surface area (TPSA) is 63.8 Å². The van der Waals surface area contributed by atoms with Crippen LogP contribution in [0.2, 0.25) is 5.15 Å². The van der Waals surface area contributed by atoms with Crippen molar-refractivity contribution in [2.24, 2.45) is 0 Å². The van der Waals surface area contributed by atoms with E-state index in [0.29, 0.717) is 22.7 Å². The molecule has 2 aromatic rings. The number of nitrogens with zero attached hydrogens (tertiary/aromatic N) is 4. The molecule has 1 atom stereocenters. The Morgan fingerprint density at radius 2 is 2.29 bits per heavy atom. The second kappa shape index (κ2) is 3.51. The molecule has 5 nitrogen and oxygen atoms in total. The van der Waals surface area contributed by atoms with E-state index in [2.05, 4.69) is 15.0 Å². The van der Waals surface area contributed by atoms with Gasteiger partial charge in [-0.2, -0.15) is 0 Å². The zero-order valence-electron chi connectivity index (χ0n) is 7.55. The van der Waals surface area contributed by atoms with Crippen LogP contribution in [0.4, 0.5) is 0 Å². The average molecular weight is 213 g/mol. The van der Waals surface area contributed by atoms with Gasteiger partial charge in [-0.05, 0) is 6.42 Å². The van der Waals surface area contributed by atoms with Crippen molar-refractivity contribution >= 4 is 22.8 Å². The molecule has 74 valence electrons. The zero-order valence-corrected chi connectivity index (χ0v) is 8.31. The van der Waals surface area contributed by atoms with Crippen LogP contribution >= 0.6 is 11.6 Å². The molecule has 1 N–H and O–H groups in total. The van der Waals surface area contributed by atoms with Gasteiger partial charge in [-0.25, -0.2) is 15.0 Å². The van der Waals surface area contributed by atoms with Crippen LogP contribution in [-0.4, -0.2) is 24.6 Å². The first-order valence-electron chi connectivity index (χ1n) is 4.25. The fraction of sp³-hybridized carbons (Fsp3) is 0.375. The molecule has 0 saturated carbocycles. The number of hydrogen-bond acceptors (Lipinski definition) is 4. The fourth-order valence-corrected chi connectivity index (χ4v) is 1.42. The molecular weight excluding hydrogens is 204 g/mol. The predicted molar refractivity (Wildman–Crippen MR) is 51.9 cm³/mol. The third-order valence-corrected chi connectivity index (χ3v) is 2.28. The SMILES string of the molecule is CCC(O)n1cnc2c(Cl)ncnc21. The van der Waals surface area contributed by atoms with Gasteiger partial charge in [0.25, 0.3) is 0 Å². The number of fused-ring (bicyclic) bond motifs is 1. The van der Waals surface area contributed by atoms with Gasteiger partial charge >= 0.3 is 0 Å². The monoisotopic (exact) mass is 212 g/mol. The van der Waals surface area contributed by atoms with Crippen LogP contribution in [0.5, 0.6) is 0 Å². The molecule has 0 aliphatic carbocycles. The maximum atomic E-state index is 9.63. The maximum Gasteiger partial charge on any atom is 0.166 e. The van der Waals surface area contributed by atoms with Crippen molar-refractivity contribution < 1.29 is 5.11 Å². The Hall–Kier alpha value is -1.20. The second-order valence-electron chi connectivity index (χ2n) is 2.88. The van der Waals surface area contributed by atoms with E-state index in [0.717, 1.165) is 0 Å². The van der Waals surface area contributed by atoms with Gasteiger partial charge in [0.2, 0.25) is 0 Å². The molecule has 0 bridgehead atoms. The summed E-state index contributed by atoms with van der Waals surface area (Å²) in [5.41, 5.74) is 1.07. The van der Waals surface area contributed by atoms with E-state index >= 15 is 0 Å². The van der Waals surface area contributed by atoms with E-state index < -0.39 is 6.23 Å². The zero-order chi connectivity index (χ0) is 10.1. The number of halogens is 1. The Balaban J connectivity index is 2.63. The first-order chi connectivity index (χ1) is 6.74. The van der Waals surface area contributed by atoms with Crippen LogP contribution in [0.25, 0.3) is 11.2 Å². The number of aromatic nitrogens is 4. The first-order valence-corrected chi connectivity index (χ1v) is 4.63. The number of rotatable bonds is 2. The highest BCUT2D eigenvalue weighted by Gasteiger charge is 2.12. The highest BCUT2D eigenvalue weighted by atomic mass is 35.5. The summed E-state index contributed by atoms with van der Waals surface area (Å²) in [5.74, 6) is 0. The summed E-state index contributed by atoms with van der Waals surface area (Å²) in [5, 5.41) is 9.93. The lowest BCUT2D eigenvalue weighted by atomic mass is 10.4. The standard InChI is InChI=1S/C8H9ClN4O/c1-2-5(14)13-4-12-6-7(9)10-3-11-8(6)13/h3-5,14H,2H2,1H3. The largest absolute Gasteiger partial charge is 0.373 e. The lowest BCUT2D eigenvalue weighted by molar-refractivity contribution is 0.103. The molecule has 14 heavy (non-hydrogen) atoms. The smallest absolute Gasteiger partial charge is 0.166 e. The van der Waals surface area contributed by atoms with Gasteiger partial charge in [-0.15, -0.1) is 0 Å². The quantitative estimate of drug-likeness (QED) is 0.764. The molecule has 0 amide bonds. The molecule has 0 aliphatic heterocycles. The van der Waals surface area contributed by atoms with E-state index in [-0.39, 0.29) is 0 Å². The molecule has 2 heterocycles. The van der Waals surface area contributed by atoms with Crippen LogP contribution in [0.3, 0.4) is 0 Å². The summed E-state index contributed by atoms with van der Waals surface area (Å²) in [4.78, 5) is 11.9. The number of aliphatic hydroxyl groups is 1. The predicted octanol–water partition coefficient (Wildman–Crippen LogP) is 1.38. The molecule has 0 aliphatic rings. The van der Waals surface area contributed by atoms with E-state index in [9.17, 15) is 5.11 Å². The molecule has 2 rings (SSSR count). The molecule has 0 radical (unpaired) electrons. The summed E-state index contributed by atoms with van der Waals surface area (Å²) >= 11 is 5.81. The molecule has 0 fully saturated rings. The Kier molecular flexibility index (Phi) is 2.35. The lowest BCUT2D eigenvalue weighted by Crippen LogP contribution is -2.06. The molecule has 0 spiro atoms. The summed E-state index contributed by atoms with van der Waals surface area (Å²) in [6.07, 6.45) is 2.84. The second-order valence-corrected chi connectivity index (χ2v) is 3.24.